The fraction of sp³-hybridized carbons (Fsp3) is 0.0667. The molecule has 0 aliphatic heterocycles. The Hall–Kier alpha value is -3.80. The number of benzene rings is 1. The highest BCUT2D eigenvalue weighted by atomic mass is 16.5. The molecule has 1 aromatic heterocycles. The number of hydrogen-bond donors (Lipinski definition) is 3. The number of nitrogen functional groups attached to an aromatic ring is 1. The molecule has 122 valence electrons. The molecular weight excluding hydrogens is 318 g/mol. The molecule has 0 atom stereocenters. The van der Waals surface area contributed by atoms with Crippen molar-refractivity contribution >= 4 is 23.6 Å². The Morgan fingerprint density at radius 3 is 2.42 bits per heavy atom. The van der Waals surface area contributed by atoms with Crippen LogP contribution in [-0.2, 0) is 4.74 Å². The van der Waals surface area contributed by atoms with E-state index in [0.29, 0.717) is 0 Å². The lowest BCUT2D eigenvalue weighted by Gasteiger charge is -2.12. The lowest BCUT2D eigenvalue weighted by molar-refractivity contribution is 0.0590. The summed E-state index contributed by atoms with van der Waals surface area (Å²) in [6.07, 6.45) is 1.18. The van der Waals surface area contributed by atoms with Crippen molar-refractivity contribution in [1.82, 2.24) is 4.57 Å². The van der Waals surface area contributed by atoms with E-state index in [1.165, 1.54) is 18.3 Å². The minimum atomic E-state index is -1.41. The molecule has 2 aromatic rings. The van der Waals surface area contributed by atoms with Gasteiger partial charge in [0.25, 0.3) is 0 Å². The minimum Gasteiger partial charge on any atom is -0.478 e. The predicted octanol–water partition coefficient (Wildman–Crippen LogP) is 1.11. The first-order valence-corrected chi connectivity index (χ1v) is 6.42. The summed E-state index contributed by atoms with van der Waals surface area (Å²) in [5.74, 6) is -3.58. The Kier molecular flexibility index (Phi) is 4.23. The number of carboxylic acids is 2. The third kappa shape index (κ3) is 2.64. The number of nitrogens with zero attached hydrogens (tertiary/aromatic N) is 2. The van der Waals surface area contributed by atoms with Gasteiger partial charge in [-0.05, 0) is 18.2 Å². The van der Waals surface area contributed by atoms with Gasteiger partial charge in [0, 0.05) is 6.20 Å². The van der Waals surface area contributed by atoms with Crippen molar-refractivity contribution in [2.24, 2.45) is 0 Å². The van der Waals surface area contributed by atoms with Gasteiger partial charge >= 0.3 is 17.9 Å². The number of nitriles is 1. The number of aromatic nitrogens is 1. The highest BCUT2D eigenvalue weighted by Gasteiger charge is 2.25. The number of hydrogen-bond acceptors (Lipinski definition) is 6. The van der Waals surface area contributed by atoms with E-state index in [2.05, 4.69) is 4.74 Å². The van der Waals surface area contributed by atoms with Crippen LogP contribution in [0.2, 0.25) is 0 Å². The number of ether oxygens (including phenoxy) is 1. The van der Waals surface area contributed by atoms with Gasteiger partial charge in [0.05, 0.1) is 35.2 Å². The largest absolute Gasteiger partial charge is 0.478 e. The minimum absolute atomic E-state index is 0.0268. The molecule has 4 N–H and O–H groups in total. The quantitative estimate of drug-likeness (QED) is 0.704. The van der Waals surface area contributed by atoms with E-state index in [1.54, 1.807) is 6.07 Å². The highest BCUT2D eigenvalue weighted by molar-refractivity contribution is 5.99. The van der Waals surface area contributed by atoms with Gasteiger partial charge in [-0.15, -0.1) is 0 Å². The van der Waals surface area contributed by atoms with E-state index in [0.717, 1.165) is 17.7 Å². The monoisotopic (exact) mass is 329 g/mol. The zero-order chi connectivity index (χ0) is 18.0. The van der Waals surface area contributed by atoms with Crippen LogP contribution >= 0.6 is 0 Å². The first-order valence-electron chi connectivity index (χ1n) is 6.42. The van der Waals surface area contributed by atoms with Crippen LogP contribution in [0, 0.1) is 11.3 Å². The van der Waals surface area contributed by atoms with Gasteiger partial charge in [-0.1, -0.05) is 0 Å². The van der Waals surface area contributed by atoms with Crippen molar-refractivity contribution in [2.45, 2.75) is 0 Å². The zero-order valence-electron chi connectivity index (χ0n) is 12.3. The molecule has 0 saturated carbocycles. The molecule has 0 amide bonds. The van der Waals surface area contributed by atoms with Crippen LogP contribution in [0.3, 0.4) is 0 Å². The lowest BCUT2D eigenvalue weighted by Crippen LogP contribution is -2.14. The van der Waals surface area contributed by atoms with Gasteiger partial charge in [-0.25, -0.2) is 14.4 Å². The summed E-state index contributed by atoms with van der Waals surface area (Å²) < 4.78 is 5.70. The van der Waals surface area contributed by atoms with Crippen LogP contribution in [-0.4, -0.2) is 39.8 Å². The molecule has 0 aliphatic rings. The van der Waals surface area contributed by atoms with E-state index in [-0.39, 0.29) is 33.8 Å². The number of nitrogens with two attached hydrogens (primary N) is 1. The molecule has 9 nitrogen and oxygen atoms in total. The number of rotatable bonds is 4. The summed E-state index contributed by atoms with van der Waals surface area (Å²) >= 11 is 0. The molecule has 0 aliphatic carbocycles. The van der Waals surface area contributed by atoms with Crippen LogP contribution < -0.4 is 5.73 Å². The topological polar surface area (TPSA) is 156 Å². The third-order valence-corrected chi connectivity index (χ3v) is 3.28. The fourth-order valence-corrected chi connectivity index (χ4v) is 2.16. The highest BCUT2D eigenvalue weighted by Crippen LogP contribution is 2.27. The molecule has 0 bridgehead atoms. The molecule has 0 fully saturated rings. The molecule has 9 heteroatoms. The molecule has 2 rings (SSSR count). The summed E-state index contributed by atoms with van der Waals surface area (Å²) in [6, 6.07) is 5.12. The van der Waals surface area contributed by atoms with Gasteiger partial charge in [-0.3, -0.25) is 0 Å². The normalized spacial score (nSPS) is 10.0. The van der Waals surface area contributed by atoms with Gasteiger partial charge < -0.3 is 25.3 Å². The molecule has 0 saturated heterocycles. The third-order valence-electron chi connectivity index (χ3n) is 3.28. The van der Waals surface area contributed by atoms with E-state index < -0.39 is 17.9 Å². The smallest absolute Gasteiger partial charge is 0.357 e. The van der Waals surface area contributed by atoms with Gasteiger partial charge in [-0.2, -0.15) is 5.26 Å². The predicted molar refractivity (Wildman–Crippen MR) is 80.2 cm³/mol. The Balaban J connectivity index is 2.82. The number of carbonyl (C=O) groups excluding carboxylic acids is 1. The second kappa shape index (κ2) is 6.13. The molecule has 0 unspecified atom stereocenters. The van der Waals surface area contributed by atoms with Crippen molar-refractivity contribution in [3.05, 3.63) is 46.8 Å². The average molecular weight is 329 g/mol. The summed E-state index contributed by atoms with van der Waals surface area (Å²) in [7, 11) is 1.11. The van der Waals surface area contributed by atoms with Crippen LogP contribution in [0.5, 0.6) is 0 Å². The molecule has 0 spiro atoms. The molecule has 1 heterocycles. The second-order valence-electron chi connectivity index (χ2n) is 4.62. The zero-order valence-corrected chi connectivity index (χ0v) is 12.3. The van der Waals surface area contributed by atoms with Crippen molar-refractivity contribution in [3.63, 3.8) is 0 Å². The maximum Gasteiger partial charge on any atom is 0.357 e. The van der Waals surface area contributed by atoms with E-state index in [1.807, 2.05) is 0 Å². The maximum absolute atomic E-state index is 11.9. The molecule has 24 heavy (non-hydrogen) atoms. The van der Waals surface area contributed by atoms with E-state index >= 15 is 0 Å². The Labute approximate surface area is 135 Å². The molecular formula is C15H11N3O6. The van der Waals surface area contributed by atoms with Gasteiger partial charge in [0.1, 0.15) is 6.07 Å². The fourth-order valence-electron chi connectivity index (χ4n) is 2.16. The first-order chi connectivity index (χ1) is 11.3. The lowest BCUT2D eigenvalue weighted by atomic mass is 10.1. The maximum atomic E-state index is 11.9. The first kappa shape index (κ1) is 16.6. The number of anilines is 1. The number of carboxylic acid groups (broad SMARTS) is 2. The number of aromatic carboxylic acids is 2. The SMILES string of the molecule is COC(=O)c1c(N)c(C#N)cn1-c1ccc(C(=O)O)cc1C(=O)O. The summed E-state index contributed by atoms with van der Waals surface area (Å²) in [4.78, 5) is 34.4. The number of methoxy groups -OCH3 is 1. The van der Waals surface area contributed by atoms with Crippen molar-refractivity contribution < 1.29 is 29.3 Å². The molecule has 0 radical (unpaired) electrons. The van der Waals surface area contributed by atoms with E-state index in [4.69, 9.17) is 16.1 Å². The summed E-state index contributed by atoms with van der Waals surface area (Å²) in [5.41, 5.74) is 4.67. The second-order valence-corrected chi connectivity index (χ2v) is 4.62. The van der Waals surface area contributed by atoms with Crippen LogP contribution in [0.25, 0.3) is 5.69 Å². The summed E-state index contributed by atoms with van der Waals surface area (Å²) in [6.45, 7) is 0. The summed E-state index contributed by atoms with van der Waals surface area (Å²) in [5, 5.41) is 27.4. The number of esters is 1. The standard InChI is InChI=1S/C15H11N3O6/c1-24-15(23)12-11(17)8(5-16)6-18(12)10-3-2-7(13(19)20)4-9(10)14(21)22/h2-4,6H,17H2,1H3,(H,19,20)(H,21,22). The van der Waals surface area contributed by atoms with E-state index in [9.17, 15) is 19.5 Å². The Morgan fingerprint density at radius 1 is 1.25 bits per heavy atom. The number of carbonyl (C=O) groups is 3. The molecule has 1 aromatic carbocycles. The Bertz CT molecular complexity index is 907. The van der Waals surface area contributed by atoms with Crippen LogP contribution in [0.15, 0.2) is 24.4 Å². The average Bonchev–Trinajstić information content (AvgIpc) is 2.89. The van der Waals surface area contributed by atoms with Crippen molar-refractivity contribution in [3.8, 4) is 11.8 Å². The van der Waals surface area contributed by atoms with Crippen LogP contribution in [0.1, 0.15) is 36.8 Å². The van der Waals surface area contributed by atoms with Crippen LogP contribution in [0.4, 0.5) is 5.69 Å². The van der Waals surface area contributed by atoms with Crippen molar-refractivity contribution in [1.29, 1.82) is 5.26 Å². The van der Waals surface area contributed by atoms with Gasteiger partial charge in [0.2, 0.25) is 0 Å². The van der Waals surface area contributed by atoms with Gasteiger partial charge in [0.15, 0.2) is 5.69 Å². The van der Waals surface area contributed by atoms with Crippen molar-refractivity contribution in [2.75, 3.05) is 12.8 Å². The Morgan fingerprint density at radius 2 is 1.92 bits per heavy atom.